The molecule has 8 nitrogen and oxygen atoms in total. The molecule has 2 amide bonds. The molecule has 2 aromatic rings. The molecule has 2 aromatic heterocycles. The quantitative estimate of drug-likeness (QED) is 0.662. The summed E-state index contributed by atoms with van der Waals surface area (Å²) in [4.78, 5) is 28.2. The fourth-order valence-electron chi connectivity index (χ4n) is 2.91. The van der Waals surface area contributed by atoms with Crippen LogP contribution in [0.4, 0.5) is 5.82 Å². The number of carbonyl (C=O) groups is 2. The summed E-state index contributed by atoms with van der Waals surface area (Å²) >= 11 is 1.23. The third kappa shape index (κ3) is 6.26. The number of thioether (sulfide) groups is 1. The largest absolute Gasteiger partial charge is 0.474 e. The minimum Gasteiger partial charge on any atom is -0.474 e. The van der Waals surface area contributed by atoms with Gasteiger partial charge in [0.05, 0.1) is 11.5 Å². The van der Waals surface area contributed by atoms with Crippen LogP contribution in [-0.4, -0.2) is 39.6 Å². The van der Waals surface area contributed by atoms with Crippen molar-refractivity contribution in [3.8, 4) is 5.88 Å². The summed E-state index contributed by atoms with van der Waals surface area (Å²) in [5, 5.41) is 9.16. The average Bonchev–Trinajstić information content (AvgIpc) is 3.33. The second kappa shape index (κ2) is 10.1. The van der Waals surface area contributed by atoms with E-state index >= 15 is 0 Å². The van der Waals surface area contributed by atoms with Crippen LogP contribution in [0.5, 0.6) is 5.88 Å². The van der Waals surface area contributed by atoms with Gasteiger partial charge in [0.15, 0.2) is 5.82 Å². The number of nitrogens with zero attached hydrogens (tertiary/aromatic N) is 2. The number of hydrogen-bond donors (Lipinski definition) is 2. The Morgan fingerprint density at radius 3 is 2.82 bits per heavy atom. The van der Waals surface area contributed by atoms with E-state index in [1.54, 1.807) is 19.2 Å². The zero-order chi connectivity index (χ0) is 19.8. The highest BCUT2D eigenvalue weighted by Crippen LogP contribution is 2.24. The lowest BCUT2D eigenvalue weighted by molar-refractivity contribution is -0.118. The van der Waals surface area contributed by atoms with Gasteiger partial charge in [-0.3, -0.25) is 9.59 Å². The van der Waals surface area contributed by atoms with Gasteiger partial charge in [0.1, 0.15) is 11.9 Å². The summed E-state index contributed by atoms with van der Waals surface area (Å²) in [6, 6.07) is 5.36. The van der Waals surface area contributed by atoms with Gasteiger partial charge in [-0.25, -0.2) is 4.98 Å². The van der Waals surface area contributed by atoms with Gasteiger partial charge in [0.25, 0.3) is 0 Å². The maximum absolute atomic E-state index is 12.1. The first-order valence-corrected chi connectivity index (χ1v) is 10.4. The van der Waals surface area contributed by atoms with Crippen molar-refractivity contribution in [1.82, 2.24) is 15.5 Å². The monoisotopic (exact) mass is 404 g/mol. The highest BCUT2D eigenvalue weighted by molar-refractivity contribution is 8.00. The van der Waals surface area contributed by atoms with Crippen molar-refractivity contribution in [2.75, 3.05) is 16.8 Å². The fraction of sp³-hybridized carbons (Fsp3) is 0.474. The minimum absolute atomic E-state index is 0.147. The molecule has 1 fully saturated rings. The number of aromatic nitrogens is 2. The standard InChI is InChI=1S/C19H24N4O4S/c1-13-9-16(23-27-13)22-18(25)12-28-11-17(24)21-10-14-5-4-8-20-19(14)26-15-6-2-3-7-15/h4-5,8-9,15H,2-3,6-7,10-12H2,1H3,(H,21,24)(H,22,23,25). The number of nitrogens with one attached hydrogen (secondary N) is 2. The van der Waals surface area contributed by atoms with Crippen molar-refractivity contribution in [3.63, 3.8) is 0 Å². The fourth-order valence-corrected chi connectivity index (χ4v) is 3.56. The van der Waals surface area contributed by atoms with Gasteiger partial charge in [0.2, 0.25) is 17.7 Å². The van der Waals surface area contributed by atoms with Crippen LogP contribution in [0.15, 0.2) is 28.9 Å². The first kappa shape index (κ1) is 20.2. The van der Waals surface area contributed by atoms with Gasteiger partial charge in [-0.15, -0.1) is 11.8 Å². The number of aryl methyl sites for hydroxylation is 1. The summed E-state index contributed by atoms with van der Waals surface area (Å²) in [7, 11) is 0. The Bertz CT molecular complexity index is 805. The Hall–Kier alpha value is -2.55. The minimum atomic E-state index is -0.231. The van der Waals surface area contributed by atoms with Crippen molar-refractivity contribution >= 4 is 29.4 Å². The third-order valence-corrected chi connectivity index (χ3v) is 5.20. The molecule has 150 valence electrons. The van der Waals surface area contributed by atoms with E-state index < -0.39 is 0 Å². The van der Waals surface area contributed by atoms with Gasteiger partial charge >= 0.3 is 0 Å². The average molecular weight is 404 g/mol. The Balaban J connectivity index is 1.38. The van der Waals surface area contributed by atoms with Crippen molar-refractivity contribution in [1.29, 1.82) is 0 Å². The number of ether oxygens (including phenoxy) is 1. The second-order valence-electron chi connectivity index (χ2n) is 6.63. The van der Waals surface area contributed by atoms with Crippen molar-refractivity contribution in [3.05, 3.63) is 35.7 Å². The lowest BCUT2D eigenvalue weighted by Gasteiger charge is -2.15. The number of rotatable bonds is 9. The van der Waals surface area contributed by atoms with Crippen LogP contribution in [0, 0.1) is 6.92 Å². The lowest BCUT2D eigenvalue weighted by atomic mass is 10.2. The molecule has 0 atom stereocenters. The summed E-state index contributed by atoms with van der Waals surface area (Å²) in [5.74, 6) is 1.54. The first-order valence-electron chi connectivity index (χ1n) is 9.28. The van der Waals surface area contributed by atoms with Crippen LogP contribution < -0.4 is 15.4 Å². The second-order valence-corrected chi connectivity index (χ2v) is 7.62. The van der Waals surface area contributed by atoms with Crippen LogP contribution in [0.2, 0.25) is 0 Å². The van der Waals surface area contributed by atoms with E-state index in [2.05, 4.69) is 20.8 Å². The molecule has 0 bridgehead atoms. The predicted octanol–water partition coefficient (Wildman–Crippen LogP) is 2.69. The van der Waals surface area contributed by atoms with Crippen molar-refractivity contribution < 1.29 is 18.8 Å². The Morgan fingerprint density at radius 1 is 1.29 bits per heavy atom. The predicted molar refractivity (Wildman–Crippen MR) is 106 cm³/mol. The molecule has 0 saturated heterocycles. The Kier molecular flexibility index (Phi) is 7.30. The molecule has 0 radical (unpaired) electrons. The molecular formula is C19H24N4O4S. The van der Waals surface area contributed by atoms with Gasteiger partial charge in [-0.1, -0.05) is 11.2 Å². The van der Waals surface area contributed by atoms with Gasteiger partial charge in [-0.05, 0) is 38.7 Å². The maximum atomic E-state index is 12.1. The molecule has 1 saturated carbocycles. The molecule has 0 aromatic carbocycles. The van der Waals surface area contributed by atoms with E-state index in [1.807, 2.05) is 12.1 Å². The number of amides is 2. The van der Waals surface area contributed by atoms with Gasteiger partial charge in [-0.2, -0.15) is 0 Å². The number of anilines is 1. The number of pyridine rings is 1. The zero-order valence-corrected chi connectivity index (χ0v) is 16.6. The molecule has 28 heavy (non-hydrogen) atoms. The Morgan fingerprint density at radius 2 is 2.07 bits per heavy atom. The van der Waals surface area contributed by atoms with Crippen LogP contribution in [0.1, 0.15) is 37.0 Å². The number of carbonyl (C=O) groups excluding carboxylic acids is 2. The summed E-state index contributed by atoms with van der Waals surface area (Å²) < 4.78 is 10.9. The molecule has 3 rings (SSSR count). The first-order chi connectivity index (χ1) is 13.6. The van der Waals surface area contributed by atoms with Crippen LogP contribution in [0.3, 0.4) is 0 Å². The molecular weight excluding hydrogens is 380 g/mol. The topological polar surface area (TPSA) is 106 Å². The number of hydrogen-bond acceptors (Lipinski definition) is 7. The molecule has 2 heterocycles. The molecule has 2 N–H and O–H groups in total. The summed E-state index contributed by atoms with van der Waals surface area (Å²) in [6.45, 7) is 2.09. The van der Waals surface area contributed by atoms with E-state index in [4.69, 9.17) is 9.26 Å². The van der Waals surface area contributed by atoms with Gasteiger partial charge in [0, 0.05) is 24.4 Å². The van der Waals surface area contributed by atoms with Gasteiger partial charge < -0.3 is 19.9 Å². The van der Waals surface area contributed by atoms with E-state index in [-0.39, 0.29) is 29.4 Å². The van der Waals surface area contributed by atoms with Crippen molar-refractivity contribution in [2.45, 2.75) is 45.3 Å². The maximum Gasteiger partial charge on any atom is 0.235 e. The lowest BCUT2D eigenvalue weighted by Crippen LogP contribution is -2.26. The van der Waals surface area contributed by atoms with Crippen LogP contribution in [-0.2, 0) is 16.1 Å². The van der Waals surface area contributed by atoms with Crippen LogP contribution >= 0.6 is 11.8 Å². The summed E-state index contributed by atoms with van der Waals surface area (Å²) in [5.41, 5.74) is 0.854. The Labute approximate surface area is 167 Å². The zero-order valence-electron chi connectivity index (χ0n) is 15.8. The van der Waals surface area contributed by atoms with E-state index in [9.17, 15) is 9.59 Å². The highest BCUT2D eigenvalue weighted by atomic mass is 32.2. The molecule has 0 spiro atoms. The molecule has 1 aliphatic rings. The van der Waals surface area contributed by atoms with E-state index in [0.717, 1.165) is 18.4 Å². The third-order valence-electron chi connectivity index (χ3n) is 4.27. The molecule has 0 unspecified atom stereocenters. The van der Waals surface area contributed by atoms with E-state index in [1.165, 1.54) is 24.6 Å². The molecule has 1 aliphatic carbocycles. The molecule has 9 heteroatoms. The molecule has 0 aliphatic heterocycles. The highest BCUT2D eigenvalue weighted by Gasteiger charge is 2.18. The van der Waals surface area contributed by atoms with Crippen LogP contribution in [0.25, 0.3) is 0 Å². The van der Waals surface area contributed by atoms with E-state index in [0.29, 0.717) is 24.0 Å². The normalized spacial score (nSPS) is 14.0. The SMILES string of the molecule is Cc1cc(NC(=O)CSCC(=O)NCc2cccnc2OC2CCCC2)no1. The smallest absolute Gasteiger partial charge is 0.235 e. The van der Waals surface area contributed by atoms with Crippen molar-refractivity contribution in [2.24, 2.45) is 0 Å². The summed E-state index contributed by atoms with van der Waals surface area (Å²) in [6.07, 6.45) is 6.38.